The van der Waals surface area contributed by atoms with E-state index in [9.17, 15) is 9.59 Å². The Morgan fingerprint density at radius 3 is 1.81 bits per heavy atom. The minimum atomic E-state index is -0.0799. The number of ether oxygens (including phenoxy) is 1. The van der Waals surface area contributed by atoms with Gasteiger partial charge in [-0.2, -0.15) is 0 Å². The van der Waals surface area contributed by atoms with Gasteiger partial charge >= 0.3 is 0 Å². The predicted octanol–water partition coefficient (Wildman–Crippen LogP) is 2.85. The standard InChI is InChI=1S/C21H20N2O3/c1-22(12-7-8-12)15-9-10-16(23(2)17-11-26-17)19-18(15)20(24)13-5-3-4-6-14(13)21(19)25/h3-6,9-10,12,17H,7-8,11H2,1-2H3/t17-/m0/s1. The van der Waals surface area contributed by atoms with Crippen LogP contribution in [0.5, 0.6) is 0 Å². The van der Waals surface area contributed by atoms with E-state index in [0.29, 0.717) is 34.9 Å². The topological polar surface area (TPSA) is 53.1 Å². The molecule has 2 aliphatic carbocycles. The molecule has 26 heavy (non-hydrogen) atoms. The molecule has 1 saturated heterocycles. The summed E-state index contributed by atoms with van der Waals surface area (Å²) in [5, 5.41) is 0. The molecule has 2 aromatic carbocycles. The molecule has 1 atom stereocenters. The quantitative estimate of drug-likeness (QED) is 0.679. The zero-order valence-electron chi connectivity index (χ0n) is 14.9. The van der Waals surface area contributed by atoms with E-state index < -0.39 is 0 Å². The zero-order chi connectivity index (χ0) is 18.0. The van der Waals surface area contributed by atoms with Crippen molar-refractivity contribution in [2.24, 2.45) is 0 Å². The van der Waals surface area contributed by atoms with Crippen molar-refractivity contribution in [3.63, 3.8) is 0 Å². The highest BCUT2D eigenvalue weighted by atomic mass is 16.6. The third kappa shape index (κ3) is 2.20. The van der Waals surface area contributed by atoms with Crippen molar-refractivity contribution in [1.82, 2.24) is 0 Å². The summed E-state index contributed by atoms with van der Waals surface area (Å²) in [6, 6.07) is 11.5. The van der Waals surface area contributed by atoms with E-state index >= 15 is 0 Å². The van der Waals surface area contributed by atoms with Gasteiger partial charge in [0.25, 0.3) is 0 Å². The van der Waals surface area contributed by atoms with E-state index in [1.807, 2.05) is 43.3 Å². The van der Waals surface area contributed by atoms with Crippen molar-refractivity contribution in [2.75, 3.05) is 30.5 Å². The molecule has 3 aliphatic rings. The molecule has 132 valence electrons. The SMILES string of the molecule is CN(c1ccc(N(C)[C@@H]2CO2)c2c1C(=O)c1ccccc1C2=O)C1CC1. The van der Waals surface area contributed by atoms with E-state index in [1.165, 1.54) is 0 Å². The van der Waals surface area contributed by atoms with Crippen molar-refractivity contribution in [1.29, 1.82) is 0 Å². The van der Waals surface area contributed by atoms with Crippen LogP contribution in [0.4, 0.5) is 11.4 Å². The predicted molar refractivity (Wildman–Crippen MR) is 99.3 cm³/mol. The summed E-state index contributed by atoms with van der Waals surface area (Å²) in [5.74, 6) is -0.145. The van der Waals surface area contributed by atoms with Crippen LogP contribution in [-0.4, -0.2) is 44.5 Å². The minimum Gasteiger partial charge on any atom is -0.371 e. The van der Waals surface area contributed by atoms with Crippen molar-refractivity contribution in [3.05, 3.63) is 58.7 Å². The molecule has 0 spiro atoms. The van der Waals surface area contributed by atoms with Crippen LogP contribution in [0.1, 0.15) is 44.7 Å². The average Bonchev–Trinajstić information content (AvgIpc) is 3.56. The lowest BCUT2D eigenvalue weighted by atomic mass is 9.82. The summed E-state index contributed by atoms with van der Waals surface area (Å²) < 4.78 is 5.39. The van der Waals surface area contributed by atoms with Gasteiger partial charge in [0.05, 0.1) is 23.4 Å². The monoisotopic (exact) mass is 348 g/mol. The number of nitrogens with zero attached hydrogens (tertiary/aromatic N) is 2. The van der Waals surface area contributed by atoms with Gasteiger partial charge in [0, 0.05) is 37.0 Å². The molecule has 2 fully saturated rings. The molecule has 0 aromatic heterocycles. The average molecular weight is 348 g/mol. The Bertz CT molecular complexity index is 868. The molecule has 5 nitrogen and oxygen atoms in total. The molecule has 2 aromatic rings. The van der Waals surface area contributed by atoms with Crippen LogP contribution in [0, 0.1) is 0 Å². The Balaban J connectivity index is 1.75. The minimum absolute atomic E-state index is 0.0221. The van der Waals surface area contributed by atoms with Crippen LogP contribution in [0.25, 0.3) is 0 Å². The number of fused-ring (bicyclic) bond motifs is 2. The fourth-order valence-electron chi connectivity index (χ4n) is 3.86. The van der Waals surface area contributed by atoms with E-state index in [2.05, 4.69) is 4.90 Å². The maximum Gasteiger partial charge on any atom is 0.196 e. The highest BCUT2D eigenvalue weighted by Crippen LogP contribution is 2.42. The first-order chi connectivity index (χ1) is 12.6. The van der Waals surface area contributed by atoms with Gasteiger partial charge in [-0.3, -0.25) is 9.59 Å². The number of hydrogen-bond donors (Lipinski definition) is 0. The molecule has 5 heteroatoms. The fraction of sp³-hybridized carbons (Fsp3) is 0.333. The maximum absolute atomic E-state index is 13.4. The normalized spacial score (nSPS) is 20.5. The lowest BCUT2D eigenvalue weighted by molar-refractivity contribution is 0.0979. The van der Waals surface area contributed by atoms with Gasteiger partial charge in [-0.1, -0.05) is 24.3 Å². The number of anilines is 2. The Labute approximate surface area is 152 Å². The lowest BCUT2D eigenvalue weighted by Gasteiger charge is -2.30. The second kappa shape index (κ2) is 5.42. The Hall–Kier alpha value is -2.66. The first-order valence-corrected chi connectivity index (χ1v) is 9.00. The first-order valence-electron chi connectivity index (χ1n) is 9.00. The lowest BCUT2D eigenvalue weighted by Crippen LogP contribution is -2.31. The molecular formula is C21H20N2O3. The molecule has 1 saturated carbocycles. The molecule has 0 radical (unpaired) electrons. The van der Waals surface area contributed by atoms with Crippen LogP contribution >= 0.6 is 0 Å². The van der Waals surface area contributed by atoms with Crippen LogP contribution in [0.3, 0.4) is 0 Å². The van der Waals surface area contributed by atoms with Crippen LogP contribution in [0.2, 0.25) is 0 Å². The largest absolute Gasteiger partial charge is 0.371 e. The summed E-state index contributed by atoms with van der Waals surface area (Å²) in [6.07, 6.45) is 2.23. The first kappa shape index (κ1) is 15.6. The van der Waals surface area contributed by atoms with Gasteiger partial charge in [-0.15, -0.1) is 0 Å². The molecule has 1 heterocycles. The second-order valence-electron chi connectivity index (χ2n) is 7.30. The van der Waals surface area contributed by atoms with E-state index in [4.69, 9.17) is 4.74 Å². The second-order valence-corrected chi connectivity index (χ2v) is 7.30. The van der Waals surface area contributed by atoms with Gasteiger partial charge in [-0.05, 0) is 25.0 Å². The van der Waals surface area contributed by atoms with Crippen LogP contribution in [-0.2, 0) is 4.74 Å². The maximum atomic E-state index is 13.4. The van der Waals surface area contributed by atoms with Crippen LogP contribution < -0.4 is 9.80 Å². The van der Waals surface area contributed by atoms with Crippen molar-refractivity contribution in [2.45, 2.75) is 25.1 Å². The highest BCUT2D eigenvalue weighted by molar-refractivity contribution is 6.32. The third-order valence-corrected chi connectivity index (χ3v) is 5.63. The van der Waals surface area contributed by atoms with Crippen molar-refractivity contribution < 1.29 is 14.3 Å². The zero-order valence-corrected chi connectivity index (χ0v) is 14.9. The summed E-state index contributed by atoms with van der Waals surface area (Å²) in [7, 11) is 3.93. The smallest absolute Gasteiger partial charge is 0.196 e. The van der Waals surface area contributed by atoms with Gasteiger partial charge in [-0.25, -0.2) is 0 Å². The Morgan fingerprint density at radius 2 is 1.35 bits per heavy atom. The van der Waals surface area contributed by atoms with Gasteiger partial charge < -0.3 is 14.5 Å². The summed E-state index contributed by atoms with van der Waals surface area (Å²) >= 11 is 0. The highest BCUT2D eigenvalue weighted by Gasteiger charge is 2.39. The summed E-state index contributed by atoms with van der Waals surface area (Å²) in [6.45, 7) is 0.647. The number of carbonyl (C=O) groups is 2. The van der Waals surface area contributed by atoms with Gasteiger partial charge in [0.1, 0.15) is 0 Å². The van der Waals surface area contributed by atoms with Crippen LogP contribution in [0.15, 0.2) is 36.4 Å². The van der Waals surface area contributed by atoms with Crippen molar-refractivity contribution in [3.8, 4) is 0 Å². The number of ketones is 2. The number of carbonyl (C=O) groups excluding carboxylic acids is 2. The number of likely N-dealkylation sites (N-methyl/N-ethyl adjacent to an activating group) is 1. The molecule has 1 aliphatic heterocycles. The molecule has 0 bridgehead atoms. The number of rotatable bonds is 4. The van der Waals surface area contributed by atoms with Crippen molar-refractivity contribution >= 4 is 22.9 Å². The number of benzene rings is 2. The van der Waals surface area contributed by atoms with E-state index in [-0.39, 0.29) is 17.8 Å². The molecule has 5 rings (SSSR count). The molecule has 0 amide bonds. The molecular weight excluding hydrogens is 328 g/mol. The molecule has 0 N–H and O–H groups in total. The number of epoxide rings is 1. The Kier molecular flexibility index (Phi) is 3.25. The Morgan fingerprint density at radius 1 is 0.846 bits per heavy atom. The van der Waals surface area contributed by atoms with E-state index in [1.54, 1.807) is 12.1 Å². The van der Waals surface area contributed by atoms with E-state index in [0.717, 1.165) is 24.2 Å². The van der Waals surface area contributed by atoms with Gasteiger partial charge in [0.15, 0.2) is 17.8 Å². The third-order valence-electron chi connectivity index (χ3n) is 5.63. The van der Waals surface area contributed by atoms with Gasteiger partial charge in [0.2, 0.25) is 0 Å². The fourth-order valence-corrected chi connectivity index (χ4v) is 3.86. The molecule has 0 unspecified atom stereocenters. The summed E-state index contributed by atoms with van der Waals surface area (Å²) in [5.41, 5.74) is 3.65. The summed E-state index contributed by atoms with van der Waals surface area (Å²) in [4.78, 5) is 30.8. The number of hydrogen-bond acceptors (Lipinski definition) is 5.